The first kappa shape index (κ1) is 10.5. The third kappa shape index (κ3) is 3.44. The molecule has 0 unspecified atom stereocenters. The van der Waals surface area contributed by atoms with Crippen molar-refractivity contribution >= 4 is 6.41 Å². The van der Waals surface area contributed by atoms with Gasteiger partial charge in [0.25, 0.3) is 0 Å². The second-order valence-electron chi connectivity index (χ2n) is 2.69. The molecule has 0 atom stereocenters. The third-order valence-electron chi connectivity index (χ3n) is 1.58. The highest BCUT2D eigenvalue weighted by molar-refractivity contribution is 5.44. The van der Waals surface area contributed by atoms with E-state index >= 15 is 0 Å². The number of hydrogen-bond acceptors (Lipinski definition) is 4. The number of aryl methyl sites for hydroxylation is 1. The molecular weight excluding hydrogens is 189 g/mol. The number of hydroxylamine groups is 2. The molecule has 0 fully saturated rings. The topological polar surface area (TPSA) is 66.3 Å². The second-order valence-corrected chi connectivity index (χ2v) is 2.69. The van der Waals surface area contributed by atoms with E-state index < -0.39 is 5.82 Å². The lowest BCUT2D eigenvalue weighted by molar-refractivity contribution is -0.149. The van der Waals surface area contributed by atoms with Crippen LogP contribution in [0.5, 0.6) is 0 Å². The van der Waals surface area contributed by atoms with Gasteiger partial charge in [0.05, 0.1) is 12.4 Å². The Hall–Kier alpha value is -1.56. The molecule has 0 aliphatic rings. The van der Waals surface area contributed by atoms with Crippen LogP contribution in [0.15, 0.2) is 12.4 Å². The van der Waals surface area contributed by atoms with Gasteiger partial charge >= 0.3 is 0 Å². The molecule has 1 aromatic rings. The van der Waals surface area contributed by atoms with E-state index in [2.05, 4.69) is 9.97 Å². The van der Waals surface area contributed by atoms with Crippen LogP contribution in [0.4, 0.5) is 4.39 Å². The van der Waals surface area contributed by atoms with E-state index in [1.54, 1.807) is 0 Å². The molecule has 0 radical (unpaired) electrons. The van der Waals surface area contributed by atoms with Crippen molar-refractivity contribution in [3.63, 3.8) is 0 Å². The van der Waals surface area contributed by atoms with Crippen molar-refractivity contribution in [3.8, 4) is 0 Å². The number of rotatable bonds is 5. The van der Waals surface area contributed by atoms with Gasteiger partial charge in [0.1, 0.15) is 5.82 Å². The number of aromatic nitrogens is 2. The van der Waals surface area contributed by atoms with Crippen molar-refractivity contribution in [2.24, 2.45) is 0 Å². The highest BCUT2D eigenvalue weighted by atomic mass is 19.1. The number of halogens is 1. The van der Waals surface area contributed by atoms with Crippen molar-refractivity contribution in [2.45, 2.75) is 12.8 Å². The fraction of sp³-hybridized carbons (Fsp3) is 0.375. The Labute approximate surface area is 80.2 Å². The average Bonchev–Trinajstić information content (AvgIpc) is 2.21. The van der Waals surface area contributed by atoms with Crippen molar-refractivity contribution in [1.29, 1.82) is 0 Å². The molecule has 1 amide bonds. The van der Waals surface area contributed by atoms with Gasteiger partial charge in [0, 0.05) is 13.0 Å². The normalized spacial score (nSPS) is 9.86. The Morgan fingerprint density at radius 1 is 1.50 bits per heavy atom. The molecule has 5 nitrogen and oxygen atoms in total. The standard InChI is InChI=1S/C8H10FN3O2/c9-7-4-10-8(11-5-7)2-1-3-12(14)6-13/h4-6,14H,1-3H2. The van der Waals surface area contributed by atoms with Gasteiger partial charge in [-0.25, -0.2) is 19.4 Å². The Balaban J connectivity index is 2.31. The predicted molar refractivity (Wildman–Crippen MR) is 44.9 cm³/mol. The maximum Gasteiger partial charge on any atom is 0.233 e. The van der Waals surface area contributed by atoms with E-state index in [9.17, 15) is 9.18 Å². The summed E-state index contributed by atoms with van der Waals surface area (Å²) in [5.74, 6) is 0.0103. The monoisotopic (exact) mass is 199 g/mol. The summed E-state index contributed by atoms with van der Waals surface area (Å²) in [6.07, 6.45) is 3.51. The molecular formula is C8H10FN3O2. The van der Waals surface area contributed by atoms with E-state index in [1.807, 2.05) is 0 Å². The summed E-state index contributed by atoms with van der Waals surface area (Å²) < 4.78 is 12.4. The zero-order chi connectivity index (χ0) is 10.4. The predicted octanol–water partition coefficient (Wildman–Crippen LogP) is 0.396. The maximum absolute atomic E-state index is 12.4. The van der Waals surface area contributed by atoms with E-state index in [1.165, 1.54) is 0 Å². The molecule has 6 heteroatoms. The number of amides is 1. The van der Waals surface area contributed by atoms with Crippen LogP contribution >= 0.6 is 0 Å². The van der Waals surface area contributed by atoms with E-state index in [4.69, 9.17) is 5.21 Å². The molecule has 0 saturated heterocycles. The van der Waals surface area contributed by atoms with Crippen LogP contribution in [0, 0.1) is 5.82 Å². The first-order chi connectivity index (χ1) is 6.72. The zero-order valence-corrected chi connectivity index (χ0v) is 7.43. The van der Waals surface area contributed by atoms with Gasteiger partial charge in [0.2, 0.25) is 6.41 Å². The molecule has 1 rings (SSSR count). The van der Waals surface area contributed by atoms with Gasteiger partial charge in [-0.05, 0) is 6.42 Å². The number of hydrogen-bond donors (Lipinski definition) is 1. The fourth-order valence-corrected chi connectivity index (χ4v) is 0.920. The molecule has 0 aliphatic carbocycles. The fourth-order valence-electron chi connectivity index (χ4n) is 0.920. The molecule has 1 aromatic heterocycles. The molecule has 1 heterocycles. The van der Waals surface area contributed by atoms with Crippen molar-refractivity contribution in [1.82, 2.24) is 15.0 Å². The summed E-state index contributed by atoms with van der Waals surface area (Å²) in [5, 5.41) is 9.29. The minimum absolute atomic E-state index is 0.213. The quantitative estimate of drug-likeness (QED) is 0.423. The molecule has 1 N–H and O–H groups in total. The molecule has 14 heavy (non-hydrogen) atoms. The Morgan fingerprint density at radius 3 is 2.71 bits per heavy atom. The lowest BCUT2D eigenvalue weighted by Crippen LogP contribution is -2.18. The van der Waals surface area contributed by atoms with Crippen molar-refractivity contribution in [2.75, 3.05) is 6.54 Å². The van der Waals surface area contributed by atoms with Crippen LogP contribution in [0.3, 0.4) is 0 Å². The number of carbonyl (C=O) groups is 1. The highest BCUT2D eigenvalue weighted by Crippen LogP contribution is 1.97. The van der Waals surface area contributed by atoms with E-state index in [0.29, 0.717) is 30.1 Å². The first-order valence-corrected chi connectivity index (χ1v) is 4.09. The zero-order valence-electron chi connectivity index (χ0n) is 7.43. The van der Waals surface area contributed by atoms with Gasteiger partial charge in [-0.2, -0.15) is 0 Å². The third-order valence-corrected chi connectivity index (χ3v) is 1.58. The lowest BCUT2D eigenvalue weighted by Gasteiger charge is -2.06. The molecule has 0 aromatic carbocycles. The smallest absolute Gasteiger partial charge is 0.233 e. The average molecular weight is 199 g/mol. The molecule has 76 valence electrons. The van der Waals surface area contributed by atoms with Crippen molar-refractivity contribution in [3.05, 3.63) is 24.0 Å². The lowest BCUT2D eigenvalue weighted by atomic mass is 10.3. The van der Waals surface area contributed by atoms with Crippen LogP contribution in [0.2, 0.25) is 0 Å². The van der Waals surface area contributed by atoms with Gasteiger partial charge in [0.15, 0.2) is 5.82 Å². The van der Waals surface area contributed by atoms with Crippen LogP contribution in [0.1, 0.15) is 12.2 Å². The summed E-state index contributed by atoms with van der Waals surface area (Å²) in [6.45, 7) is 0.213. The molecule has 0 spiro atoms. The summed E-state index contributed by atoms with van der Waals surface area (Å²) in [7, 11) is 0. The minimum atomic E-state index is -0.481. The SMILES string of the molecule is O=CN(O)CCCc1ncc(F)cn1. The van der Waals surface area contributed by atoms with Gasteiger partial charge in [-0.3, -0.25) is 10.0 Å². The van der Waals surface area contributed by atoms with Crippen LogP contribution < -0.4 is 0 Å². The minimum Gasteiger partial charge on any atom is -0.286 e. The molecule has 0 bridgehead atoms. The van der Waals surface area contributed by atoms with Gasteiger partial charge < -0.3 is 0 Å². The van der Waals surface area contributed by atoms with Gasteiger partial charge in [-0.15, -0.1) is 0 Å². The Kier molecular flexibility index (Phi) is 3.93. The Morgan fingerprint density at radius 2 is 2.14 bits per heavy atom. The summed E-state index contributed by atoms with van der Waals surface area (Å²) >= 11 is 0. The number of nitrogens with zero attached hydrogens (tertiary/aromatic N) is 3. The summed E-state index contributed by atoms with van der Waals surface area (Å²) in [5.41, 5.74) is 0. The first-order valence-electron chi connectivity index (χ1n) is 4.09. The maximum atomic E-state index is 12.4. The van der Waals surface area contributed by atoms with Gasteiger partial charge in [-0.1, -0.05) is 0 Å². The van der Waals surface area contributed by atoms with Crippen LogP contribution in [-0.2, 0) is 11.2 Å². The second kappa shape index (κ2) is 5.23. The Bertz CT molecular complexity index is 291. The summed E-state index contributed by atoms with van der Waals surface area (Å²) in [4.78, 5) is 17.4. The van der Waals surface area contributed by atoms with E-state index in [-0.39, 0.29) is 6.54 Å². The van der Waals surface area contributed by atoms with Crippen LogP contribution in [0.25, 0.3) is 0 Å². The largest absolute Gasteiger partial charge is 0.286 e. The van der Waals surface area contributed by atoms with E-state index in [0.717, 1.165) is 12.4 Å². The molecule has 0 saturated carbocycles. The molecule has 0 aliphatic heterocycles. The van der Waals surface area contributed by atoms with Crippen LogP contribution in [-0.4, -0.2) is 33.2 Å². The summed E-state index contributed by atoms with van der Waals surface area (Å²) in [6, 6.07) is 0. The van der Waals surface area contributed by atoms with Crippen molar-refractivity contribution < 1.29 is 14.4 Å². The highest BCUT2D eigenvalue weighted by Gasteiger charge is 1.99. The number of carbonyl (C=O) groups excluding carboxylic acids is 1.